The van der Waals surface area contributed by atoms with Crippen LogP contribution < -0.4 is 10.6 Å². The minimum atomic E-state index is -0.314. The number of carbonyl (C=O) groups is 1. The summed E-state index contributed by atoms with van der Waals surface area (Å²) < 4.78 is 1.79. The van der Waals surface area contributed by atoms with Crippen molar-refractivity contribution < 1.29 is 4.79 Å². The number of hydrogen-bond donors (Lipinski definition) is 2. The predicted octanol–water partition coefficient (Wildman–Crippen LogP) is 6.85. The second-order valence-electron chi connectivity index (χ2n) is 14.5. The van der Waals surface area contributed by atoms with Gasteiger partial charge in [-0.1, -0.05) is 48.9 Å². The summed E-state index contributed by atoms with van der Waals surface area (Å²) in [6, 6.07) is 14.2. The van der Waals surface area contributed by atoms with E-state index in [9.17, 15) is 4.79 Å². The van der Waals surface area contributed by atoms with E-state index in [2.05, 4.69) is 34.3 Å². The maximum atomic E-state index is 13.9. The van der Waals surface area contributed by atoms with E-state index in [1.54, 1.807) is 4.68 Å². The first-order chi connectivity index (χ1) is 23.9. The van der Waals surface area contributed by atoms with Crippen LogP contribution in [0.1, 0.15) is 98.0 Å². The third-order valence-corrected chi connectivity index (χ3v) is 11.5. The van der Waals surface area contributed by atoms with Crippen molar-refractivity contribution in [1.82, 2.24) is 35.4 Å². The Hall–Kier alpha value is -4.77. The van der Waals surface area contributed by atoms with Crippen molar-refractivity contribution in [3.8, 4) is 23.5 Å². The van der Waals surface area contributed by atoms with Gasteiger partial charge in [-0.3, -0.25) is 14.5 Å². The molecular weight excluding hydrogens is 606 g/mol. The molecule has 1 saturated heterocycles. The lowest BCUT2D eigenvalue weighted by molar-refractivity contribution is -0.124. The van der Waals surface area contributed by atoms with Gasteiger partial charge >= 0.3 is 0 Å². The standard InChI is InChI=1S/C41H47N7O/c1-4-31-24-44-37(47-39(31)33-16-18-41(19-17-33)20-21-42-28(41)2)22-29-10-12-32(13-11-29)38(40(49)45-23-30-8-6-5-7-9-30)36-15-14-34(25-43-36)35-26-46-48(3)27-35/h1,5-9,14-15,24-27,29,32-33,38,42H,2,10-13,16-23H2,3H3,(H,45,49). The fourth-order valence-electron chi connectivity index (χ4n) is 8.54. The van der Waals surface area contributed by atoms with E-state index in [4.69, 9.17) is 21.4 Å². The molecule has 1 unspecified atom stereocenters. The Morgan fingerprint density at radius 3 is 2.47 bits per heavy atom. The SMILES string of the molecule is C#Cc1cnc(CC2CCC(C(C(=O)NCc3ccccc3)c3ccc(-c4cnn(C)c4)cn3)CC2)nc1C1CCC2(CCNC2=C)CC1. The van der Waals surface area contributed by atoms with Gasteiger partial charge in [0, 0.05) is 73.3 Å². The summed E-state index contributed by atoms with van der Waals surface area (Å²) in [7, 11) is 1.91. The van der Waals surface area contributed by atoms with Gasteiger partial charge in [-0.15, -0.1) is 6.42 Å². The maximum absolute atomic E-state index is 13.9. The maximum Gasteiger partial charge on any atom is 0.229 e. The molecule has 8 heteroatoms. The molecule has 3 aliphatic rings. The molecule has 1 aromatic carbocycles. The Morgan fingerprint density at radius 2 is 1.82 bits per heavy atom. The first-order valence-electron chi connectivity index (χ1n) is 17.9. The molecule has 2 aliphatic carbocycles. The Labute approximate surface area is 290 Å². The van der Waals surface area contributed by atoms with Crippen LogP contribution in [0.3, 0.4) is 0 Å². The van der Waals surface area contributed by atoms with E-state index in [0.717, 1.165) is 104 Å². The van der Waals surface area contributed by atoms with Gasteiger partial charge < -0.3 is 10.6 Å². The highest BCUT2D eigenvalue weighted by Gasteiger charge is 2.41. The lowest BCUT2D eigenvalue weighted by Gasteiger charge is -2.37. The molecule has 0 bridgehead atoms. The summed E-state index contributed by atoms with van der Waals surface area (Å²) in [4.78, 5) is 28.6. The molecule has 3 aromatic heterocycles. The van der Waals surface area contributed by atoms with Crippen LogP contribution in [0.2, 0.25) is 0 Å². The smallest absolute Gasteiger partial charge is 0.229 e. The van der Waals surface area contributed by atoms with Crippen molar-refractivity contribution in [2.24, 2.45) is 24.3 Å². The lowest BCUT2D eigenvalue weighted by atomic mass is 9.67. The number of carbonyl (C=O) groups excluding carboxylic acids is 1. The third-order valence-electron chi connectivity index (χ3n) is 11.5. The van der Waals surface area contributed by atoms with Gasteiger partial charge in [-0.2, -0.15) is 5.10 Å². The molecule has 1 amide bonds. The van der Waals surface area contributed by atoms with Crippen molar-refractivity contribution in [3.63, 3.8) is 0 Å². The van der Waals surface area contributed by atoms with E-state index in [0.29, 0.717) is 18.4 Å². The summed E-state index contributed by atoms with van der Waals surface area (Å²) in [5.74, 6) is 4.54. The number of nitrogens with one attached hydrogen (secondary N) is 2. The number of benzene rings is 1. The van der Waals surface area contributed by atoms with Gasteiger partial charge in [-0.05, 0) is 81.3 Å². The van der Waals surface area contributed by atoms with Gasteiger partial charge in [0.25, 0.3) is 0 Å². The number of terminal acetylenes is 1. The summed E-state index contributed by atoms with van der Waals surface area (Å²) in [5, 5.41) is 11.0. The van der Waals surface area contributed by atoms with E-state index in [-0.39, 0.29) is 23.2 Å². The minimum absolute atomic E-state index is 0.0398. The van der Waals surface area contributed by atoms with Gasteiger partial charge in [-0.25, -0.2) is 9.97 Å². The van der Waals surface area contributed by atoms with Gasteiger partial charge in [0.1, 0.15) is 5.82 Å². The van der Waals surface area contributed by atoms with Crippen molar-refractivity contribution in [2.45, 2.75) is 82.6 Å². The highest BCUT2D eigenvalue weighted by molar-refractivity contribution is 5.83. The molecule has 3 fully saturated rings. The average molecular weight is 654 g/mol. The Balaban J connectivity index is 1.02. The van der Waals surface area contributed by atoms with Crippen LogP contribution in [0.25, 0.3) is 11.1 Å². The average Bonchev–Trinajstić information content (AvgIpc) is 3.73. The second kappa shape index (κ2) is 14.4. The normalized spacial score (nSPS) is 24.2. The number of rotatable bonds is 9. The molecule has 1 spiro atoms. The van der Waals surface area contributed by atoms with Crippen LogP contribution in [0, 0.1) is 29.6 Å². The second-order valence-corrected chi connectivity index (χ2v) is 14.5. The Morgan fingerprint density at radius 1 is 1.02 bits per heavy atom. The largest absolute Gasteiger partial charge is 0.388 e. The molecule has 4 heterocycles. The number of hydrogen-bond acceptors (Lipinski definition) is 6. The highest BCUT2D eigenvalue weighted by Crippen LogP contribution is 2.50. The lowest BCUT2D eigenvalue weighted by Crippen LogP contribution is -2.35. The Kier molecular flexibility index (Phi) is 9.61. The highest BCUT2D eigenvalue weighted by atomic mass is 16.1. The molecule has 2 saturated carbocycles. The number of amides is 1. The quantitative estimate of drug-likeness (QED) is 0.192. The van der Waals surface area contributed by atoms with Crippen LogP contribution in [0.4, 0.5) is 0 Å². The van der Waals surface area contributed by atoms with Crippen LogP contribution in [-0.2, 0) is 24.8 Å². The zero-order valence-corrected chi connectivity index (χ0v) is 28.6. The summed E-state index contributed by atoms with van der Waals surface area (Å²) in [6.45, 7) is 5.86. The predicted molar refractivity (Wildman–Crippen MR) is 192 cm³/mol. The minimum Gasteiger partial charge on any atom is -0.388 e. The third kappa shape index (κ3) is 7.17. The molecule has 1 aliphatic heterocycles. The number of aromatic nitrogens is 5. The number of nitrogens with zero attached hydrogens (tertiary/aromatic N) is 5. The molecule has 1 atom stereocenters. The summed E-state index contributed by atoms with van der Waals surface area (Å²) in [6.07, 6.45) is 23.9. The van der Waals surface area contributed by atoms with Gasteiger partial charge in [0.05, 0.1) is 29.1 Å². The fourth-order valence-corrected chi connectivity index (χ4v) is 8.54. The fraction of sp³-hybridized carbons (Fsp3) is 0.439. The van der Waals surface area contributed by atoms with Crippen molar-refractivity contribution in [3.05, 3.63) is 108 Å². The summed E-state index contributed by atoms with van der Waals surface area (Å²) >= 11 is 0. The number of allylic oxidation sites excluding steroid dienone is 1. The van der Waals surface area contributed by atoms with Crippen LogP contribution >= 0.6 is 0 Å². The number of aryl methyl sites for hydroxylation is 1. The topological polar surface area (TPSA) is 97.6 Å². The molecule has 4 aromatic rings. The zero-order chi connectivity index (χ0) is 33.8. The van der Waals surface area contributed by atoms with Crippen LogP contribution in [0.15, 0.2) is 79.5 Å². The summed E-state index contributed by atoms with van der Waals surface area (Å²) in [5.41, 5.74) is 7.27. The van der Waals surface area contributed by atoms with E-state index in [1.807, 2.05) is 68.2 Å². The Bertz CT molecular complexity index is 1810. The first kappa shape index (κ1) is 32.8. The van der Waals surface area contributed by atoms with Crippen molar-refractivity contribution in [1.29, 1.82) is 0 Å². The molecule has 7 rings (SSSR count). The van der Waals surface area contributed by atoms with Gasteiger partial charge in [0.2, 0.25) is 5.91 Å². The van der Waals surface area contributed by atoms with Crippen LogP contribution in [0.5, 0.6) is 0 Å². The molecule has 8 nitrogen and oxygen atoms in total. The van der Waals surface area contributed by atoms with Gasteiger partial charge in [0.15, 0.2) is 0 Å². The molecule has 252 valence electrons. The number of pyridine rings is 1. The van der Waals surface area contributed by atoms with E-state index in [1.165, 1.54) is 12.1 Å². The molecule has 0 radical (unpaired) electrons. The van der Waals surface area contributed by atoms with Crippen molar-refractivity contribution >= 4 is 5.91 Å². The molecular formula is C41H47N7O. The zero-order valence-electron chi connectivity index (χ0n) is 28.6. The molecule has 2 N–H and O–H groups in total. The first-order valence-corrected chi connectivity index (χ1v) is 17.9. The van der Waals surface area contributed by atoms with E-state index >= 15 is 0 Å². The van der Waals surface area contributed by atoms with Crippen LogP contribution in [-0.4, -0.2) is 37.2 Å². The van der Waals surface area contributed by atoms with E-state index < -0.39 is 0 Å². The van der Waals surface area contributed by atoms with Crippen molar-refractivity contribution in [2.75, 3.05) is 6.54 Å². The monoisotopic (exact) mass is 653 g/mol. The molecule has 49 heavy (non-hydrogen) atoms.